The number of nitrogens with zero attached hydrogens (tertiary/aromatic N) is 2. The number of fused-ring (bicyclic) bond motifs is 1. The maximum absolute atomic E-state index is 10.2. The fraction of sp³-hybridized carbons (Fsp3) is 0.435. The smallest absolute Gasteiger partial charge is 0.128 e. The van der Waals surface area contributed by atoms with Gasteiger partial charge >= 0.3 is 0 Å². The van der Waals surface area contributed by atoms with Crippen LogP contribution in [0.1, 0.15) is 63.1 Å². The second kappa shape index (κ2) is 7.74. The van der Waals surface area contributed by atoms with Gasteiger partial charge in [-0.3, -0.25) is 0 Å². The molecule has 2 atom stereocenters. The summed E-state index contributed by atoms with van der Waals surface area (Å²) in [5.74, 6) is 0. The number of nitriles is 1. The number of anilines is 1. The van der Waals surface area contributed by atoms with Gasteiger partial charge in [-0.25, -0.2) is 0 Å². The second-order valence-electron chi connectivity index (χ2n) is 7.19. The van der Waals surface area contributed by atoms with Crippen molar-refractivity contribution in [2.24, 2.45) is 0 Å². The van der Waals surface area contributed by atoms with Gasteiger partial charge in [0.2, 0.25) is 0 Å². The van der Waals surface area contributed by atoms with Gasteiger partial charge in [-0.1, -0.05) is 74.7 Å². The van der Waals surface area contributed by atoms with Crippen LogP contribution in [-0.2, 0) is 6.42 Å². The van der Waals surface area contributed by atoms with Gasteiger partial charge in [-0.05, 0) is 43.4 Å². The molecule has 0 N–H and O–H groups in total. The predicted octanol–water partition coefficient (Wildman–Crippen LogP) is 6.04. The van der Waals surface area contributed by atoms with E-state index >= 15 is 0 Å². The van der Waals surface area contributed by atoms with E-state index in [0.717, 1.165) is 25.7 Å². The van der Waals surface area contributed by atoms with Gasteiger partial charge in [0.1, 0.15) is 5.54 Å². The number of aryl methyl sites for hydroxylation is 1. The Balaban J connectivity index is 2.04. The highest BCUT2D eigenvalue weighted by atomic mass is 15.2. The molecule has 130 valence electrons. The highest BCUT2D eigenvalue weighted by Crippen LogP contribution is 2.44. The van der Waals surface area contributed by atoms with Gasteiger partial charge < -0.3 is 4.90 Å². The van der Waals surface area contributed by atoms with Crippen LogP contribution in [0.15, 0.2) is 54.6 Å². The summed E-state index contributed by atoms with van der Waals surface area (Å²) < 4.78 is 0. The molecule has 2 nitrogen and oxygen atoms in total. The Bertz CT molecular complexity index is 731. The van der Waals surface area contributed by atoms with Gasteiger partial charge in [0.05, 0.1) is 12.1 Å². The van der Waals surface area contributed by atoms with Gasteiger partial charge in [0.25, 0.3) is 0 Å². The third-order valence-electron chi connectivity index (χ3n) is 5.59. The van der Waals surface area contributed by atoms with Crippen molar-refractivity contribution in [3.63, 3.8) is 0 Å². The molecule has 3 rings (SSSR count). The van der Waals surface area contributed by atoms with Crippen molar-refractivity contribution in [1.29, 1.82) is 5.26 Å². The zero-order valence-corrected chi connectivity index (χ0v) is 15.4. The number of rotatable bonds is 6. The lowest BCUT2D eigenvalue weighted by atomic mass is 9.79. The van der Waals surface area contributed by atoms with Crippen molar-refractivity contribution < 1.29 is 0 Å². The first-order valence-electron chi connectivity index (χ1n) is 9.55. The molecule has 25 heavy (non-hydrogen) atoms. The largest absolute Gasteiger partial charge is 0.346 e. The van der Waals surface area contributed by atoms with Crippen molar-refractivity contribution in [2.45, 2.75) is 64.0 Å². The topological polar surface area (TPSA) is 27.0 Å². The lowest BCUT2D eigenvalue weighted by Crippen LogP contribution is -2.52. The fourth-order valence-corrected chi connectivity index (χ4v) is 4.19. The van der Waals surface area contributed by atoms with Crippen molar-refractivity contribution in [3.8, 4) is 6.07 Å². The maximum Gasteiger partial charge on any atom is 0.128 e. The van der Waals surface area contributed by atoms with Crippen LogP contribution in [0.3, 0.4) is 0 Å². The second-order valence-corrected chi connectivity index (χ2v) is 7.19. The number of unbranched alkanes of at least 4 members (excludes halogenated alkanes) is 2. The molecule has 2 aromatic rings. The Morgan fingerprint density at radius 3 is 2.52 bits per heavy atom. The van der Waals surface area contributed by atoms with Crippen LogP contribution in [-0.4, -0.2) is 5.54 Å². The van der Waals surface area contributed by atoms with Crippen LogP contribution in [0.25, 0.3) is 0 Å². The third-order valence-corrected chi connectivity index (χ3v) is 5.59. The number of hydrogen-bond acceptors (Lipinski definition) is 2. The van der Waals surface area contributed by atoms with Crippen LogP contribution < -0.4 is 4.90 Å². The Morgan fingerprint density at radius 2 is 1.80 bits per heavy atom. The van der Waals surface area contributed by atoms with Gasteiger partial charge in [0, 0.05) is 5.69 Å². The molecule has 1 aliphatic heterocycles. The average molecular weight is 332 g/mol. The minimum Gasteiger partial charge on any atom is -0.346 e. The SMILES string of the molecule is CCCCC[C@]1(C#N)CCc2ccccc2N1[C@@H](C)c1ccccc1. The molecule has 0 bridgehead atoms. The van der Waals surface area contributed by atoms with E-state index in [1.165, 1.54) is 29.7 Å². The van der Waals surface area contributed by atoms with Gasteiger partial charge in [-0.2, -0.15) is 5.26 Å². The molecule has 0 spiro atoms. The molecular formula is C23H28N2. The zero-order chi connectivity index (χ0) is 17.7. The molecule has 0 fully saturated rings. The summed E-state index contributed by atoms with van der Waals surface area (Å²) in [4.78, 5) is 2.41. The predicted molar refractivity (Wildman–Crippen MR) is 105 cm³/mol. The van der Waals surface area contributed by atoms with Crippen LogP contribution in [0.2, 0.25) is 0 Å². The number of hydrogen-bond donors (Lipinski definition) is 0. The minimum atomic E-state index is -0.404. The van der Waals surface area contributed by atoms with E-state index in [0.29, 0.717) is 0 Å². The first-order chi connectivity index (χ1) is 12.2. The first kappa shape index (κ1) is 17.5. The van der Waals surface area contributed by atoms with Crippen LogP contribution in [0.4, 0.5) is 5.69 Å². The number of benzene rings is 2. The summed E-state index contributed by atoms with van der Waals surface area (Å²) in [6.45, 7) is 4.46. The summed E-state index contributed by atoms with van der Waals surface area (Å²) >= 11 is 0. The Hall–Kier alpha value is -2.27. The van der Waals surface area contributed by atoms with Crippen molar-refractivity contribution in [3.05, 3.63) is 65.7 Å². The van der Waals surface area contributed by atoms with Crippen LogP contribution in [0.5, 0.6) is 0 Å². The number of para-hydroxylation sites is 1. The third kappa shape index (κ3) is 3.42. The van der Waals surface area contributed by atoms with Crippen LogP contribution >= 0.6 is 0 Å². The van der Waals surface area contributed by atoms with Gasteiger partial charge in [-0.15, -0.1) is 0 Å². The van der Waals surface area contributed by atoms with Crippen molar-refractivity contribution >= 4 is 5.69 Å². The normalized spacial score (nSPS) is 20.6. The quantitative estimate of drug-likeness (QED) is 0.603. The molecule has 0 saturated carbocycles. The summed E-state index contributed by atoms with van der Waals surface area (Å²) in [7, 11) is 0. The monoisotopic (exact) mass is 332 g/mol. The van der Waals surface area contributed by atoms with Crippen molar-refractivity contribution in [1.82, 2.24) is 0 Å². The molecule has 2 heteroatoms. The highest BCUT2D eigenvalue weighted by Gasteiger charge is 2.43. The van der Waals surface area contributed by atoms with E-state index in [-0.39, 0.29) is 6.04 Å². The highest BCUT2D eigenvalue weighted by molar-refractivity contribution is 5.61. The van der Waals surface area contributed by atoms with Crippen LogP contribution in [0, 0.1) is 11.3 Å². The molecule has 1 aliphatic rings. The Morgan fingerprint density at radius 1 is 1.08 bits per heavy atom. The van der Waals surface area contributed by atoms with Gasteiger partial charge in [0.15, 0.2) is 0 Å². The van der Waals surface area contributed by atoms with E-state index in [1.807, 2.05) is 0 Å². The molecular weight excluding hydrogens is 304 g/mol. The summed E-state index contributed by atoms with van der Waals surface area (Å²) in [5, 5.41) is 10.2. The lowest BCUT2D eigenvalue weighted by molar-refractivity contribution is 0.362. The molecule has 0 saturated heterocycles. The maximum atomic E-state index is 10.2. The van der Waals surface area contributed by atoms with E-state index in [1.54, 1.807) is 0 Å². The van der Waals surface area contributed by atoms with E-state index in [9.17, 15) is 5.26 Å². The Kier molecular flexibility index (Phi) is 5.43. The van der Waals surface area contributed by atoms with E-state index < -0.39 is 5.54 Å². The lowest BCUT2D eigenvalue weighted by Gasteiger charge is -2.48. The molecule has 0 unspecified atom stereocenters. The summed E-state index contributed by atoms with van der Waals surface area (Å²) in [5.41, 5.74) is 3.47. The molecule has 0 aromatic heterocycles. The van der Waals surface area contributed by atoms with Crippen molar-refractivity contribution in [2.75, 3.05) is 4.90 Å². The van der Waals surface area contributed by atoms with E-state index in [4.69, 9.17) is 0 Å². The Labute approximate surface area is 152 Å². The van der Waals surface area contributed by atoms with E-state index in [2.05, 4.69) is 79.4 Å². The molecule has 0 radical (unpaired) electrons. The first-order valence-corrected chi connectivity index (χ1v) is 9.55. The standard InChI is InChI=1S/C23H28N2/c1-3-4-10-16-23(18-24)17-15-21-13-8-9-14-22(21)25(23)19(2)20-11-6-5-7-12-20/h5-9,11-14,19H,3-4,10,15-17H2,1-2H3/t19-,23+/m0/s1. The summed E-state index contributed by atoms with van der Waals surface area (Å²) in [6.07, 6.45) is 6.35. The average Bonchev–Trinajstić information content (AvgIpc) is 2.68. The molecule has 1 heterocycles. The molecule has 0 amide bonds. The molecule has 2 aromatic carbocycles. The molecule has 0 aliphatic carbocycles. The fourth-order valence-electron chi connectivity index (χ4n) is 4.19. The zero-order valence-electron chi connectivity index (χ0n) is 15.4. The minimum absolute atomic E-state index is 0.184. The summed E-state index contributed by atoms with van der Waals surface area (Å²) in [6, 6.07) is 22.1.